The number of aliphatic carboxylic acids is 1. The van der Waals surface area contributed by atoms with Crippen LogP contribution >= 0.6 is 11.8 Å². The normalized spacial score (nSPS) is 11.0. The van der Waals surface area contributed by atoms with Crippen molar-refractivity contribution >= 4 is 17.7 Å². The van der Waals surface area contributed by atoms with E-state index in [0.717, 1.165) is 17.0 Å². The number of aromatic nitrogens is 3. The van der Waals surface area contributed by atoms with Crippen LogP contribution in [0.2, 0.25) is 0 Å². The number of thioether (sulfide) groups is 1. The van der Waals surface area contributed by atoms with Crippen LogP contribution in [0.3, 0.4) is 0 Å². The Balaban J connectivity index is 2.41. The van der Waals surface area contributed by atoms with E-state index in [2.05, 4.69) is 16.3 Å². The Bertz CT molecular complexity index is 623. The molecule has 2 rings (SSSR count). The predicted octanol–water partition coefficient (Wildman–Crippen LogP) is 3.01. The van der Waals surface area contributed by atoms with Crippen LogP contribution in [-0.4, -0.2) is 31.6 Å². The van der Waals surface area contributed by atoms with Gasteiger partial charge in [0.05, 0.1) is 5.75 Å². The zero-order valence-electron chi connectivity index (χ0n) is 11.7. The lowest BCUT2D eigenvalue weighted by Crippen LogP contribution is -2.07. The Morgan fingerprint density at radius 2 is 2.15 bits per heavy atom. The van der Waals surface area contributed by atoms with Gasteiger partial charge in [-0.15, -0.1) is 10.2 Å². The van der Waals surface area contributed by atoms with Gasteiger partial charge in [0.1, 0.15) is 0 Å². The molecule has 0 bridgehead atoms. The van der Waals surface area contributed by atoms with Gasteiger partial charge < -0.3 is 5.11 Å². The molecule has 0 atom stereocenters. The van der Waals surface area contributed by atoms with Crippen LogP contribution in [-0.2, 0) is 4.79 Å². The Morgan fingerprint density at radius 3 is 2.75 bits per heavy atom. The minimum atomic E-state index is -0.856. The fourth-order valence-corrected chi connectivity index (χ4v) is 2.74. The first-order chi connectivity index (χ1) is 9.49. The van der Waals surface area contributed by atoms with Crippen LogP contribution in [0.15, 0.2) is 29.4 Å². The van der Waals surface area contributed by atoms with Gasteiger partial charge in [-0.25, -0.2) is 0 Å². The van der Waals surface area contributed by atoms with Crippen LogP contribution in [0, 0.1) is 6.92 Å². The van der Waals surface area contributed by atoms with E-state index < -0.39 is 5.97 Å². The zero-order valence-corrected chi connectivity index (χ0v) is 12.5. The monoisotopic (exact) mass is 291 g/mol. The molecule has 0 amide bonds. The topological polar surface area (TPSA) is 68.0 Å². The van der Waals surface area contributed by atoms with Crippen LogP contribution in [0.1, 0.15) is 25.5 Å². The molecule has 0 saturated carbocycles. The second-order valence-corrected chi connectivity index (χ2v) is 5.76. The third kappa shape index (κ3) is 3.19. The first-order valence-corrected chi connectivity index (χ1v) is 7.34. The number of carboxylic acid groups (broad SMARTS) is 1. The first-order valence-electron chi connectivity index (χ1n) is 6.35. The Kier molecular flexibility index (Phi) is 4.44. The van der Waals surface area contributed by atoms with Crippen molar-refractivity contribution in [3.8, 4) is 11.4 Å². The predicted molar refractivity (Wildman–Crippen MR) is 78.9 cm³/mol. The van der Waals surface area contributed by atoms with E-state index in [4.69, 9.17) is 5.11 Å². The van der Waals surface area contributed by atoms with Crippen molar-refractivity contribution < 1.29 is 9.90 Å². The van der Waals surface area contributed by atoms with Crippen molar-refractivity contribution in [2.24, 2.45) is 0 Å². The van der Waals surface area contributed by atoms with Gasteiger partial charge in [0, 0.05) is 11.6 Å². The third-order valence-corrected chi connectivity index (χ3v) is 3.71. The molecule has 0 aliphatic rings. The van der Waals surface area contributed by atoms with Crippen molar-refractivity contribution in [2.45, 2.75) is 32.0 Å². The van der Waals surface area contributed by atoms with Gasteiger partial charge in [-0.05, 0) is 26.8 Å². The average molecular weight is 291 g/mol. The molecule has 2 aromatic rings. The molecule has 0 unspecified atom stereocenters. The van der Waals surface area contributed by atoms with E-state index in [9.17, 15) is 4.79 Å². The minimum Gasteiger partial charge on any atom is -0.481 e. The molecule has 1 aromatic heterocycles. The highest BCUT2D eigenvalue weighted by molar-refractivity contribution is 7.99. The number of nitrogens with zero attached hydrogens (tertiary/aromatic N) is 3. The highest BCUT2D eigenvalue weighted by Crippen LogP contribution is 2.27. The Morgan fingerprint density at radius 1 is 1.40 bits per heavy atom. The van der Waals surface area contributed by atoms with Crippen molar-refractivity contribution in [3.05, 3.63) is 29.8 Å². The second kappa shape index (κ2) is 6.09. The average Bonchev–Trinajstić information content (AvgIpc) is 2.80. The van der Waals surface area contributed by atoms with Gasteiger partial charge in [0.2, 0.25) is 0 Å². The number of aryl methyl sites for hydroxylation is 1. The maximum atomic E-state index is 10.7. The summed E-state index contributed by atoms with van der Waals surface area (Å²) in [6.07, 6.45) is 0. The zero-order chi connectivity index (χ0) is 14.7. The van der Waals surface area contributed by atoms with Crippen molar-refractivity contribution in [1.82, 2.24) is 14.8 Å². The summed E-state index contributed by atoms with van der Waals surface area (Å²) in [5.74, 6) is -0.0967. The maximum Gasteiger partial charge on any atom is 0.313 e. The summed E-state index contributed by atoms with van der Waals surface area (Å²) in [5.41, 5.74) is 2.15. The van der Waals surface area contributed by atoms with Gasteiger partial charge in [-0.2, -0.15) is 0 Å². The van der Waals surface area contributed by atoms with Crippen molar-refractivity contribution in [3.63, 3.8) is 0 Å². The molecule has 6 heteroatoms. The fourth-order valence-electron chi connectivity index (χ4n) is 1.95. The molecular weight excluding hydrogens is 274 g/mol. The van der Waals surface area contributed by atoms with E-state index in [0.29, 0.717) is 5.16 Å². The lowest BCUT2D eigenvalue weighted by atomic mass is 10.1. The van der Waals surface area contributed by atoms with E-state index >= 15 is 0 Å². The van der Waals surface area contributed by atoms with Gasteiger partial charge >= 0.3 is 5.97 Å². The quantitative estimate of drug-likeness (QED) is 0.858. The lowest BCUT2D eigenvalue weighted by Gasteiger charge is -2.13. The standard InChI is InChI=1S/C14H17N3O2S/c1-9(2)17-13(11-6-4-5-10(3)7-11)15-16-14(17)20-8-12(18)19/h4-7,9H,8H2,1-3H3,(H,18,19). The van der Waals surface area contributed by atoms with Gasteiger partial charge in [-0.1, -0.05) is 35.5 Å². The fraction of sp³-hybridized carbons (Fsp3) is 0.357. The number of hydrogen-bond acceptors (Lipinski definition) is 4. The van der Waals surface area contributed by atoms with Crippen LogP contribution < -0.4 is 0 Å². The lowest BCUT2D eigenvalue weighted by molar-refractivity contribution is -0.133. The maximum absolute atomic E-state index is 10.7. The Labute approximate surface area is 122 Å². The van der Waals surface area contributed by atoms with Crippen LogP contribution in [0.4, 0.5) is 0 Å². The number of hydrogen-bond donors (Lipinski definition) is 1. The van der Waals surface area contributed by atoms with Crippen molar-refractivity contribution in [1.29, 1.82) is 0 Å². The van der Waals surface area contributed by atoms with Gasteiger partial charge in [0.25, 0.3) is 0 Å². The van der Waals surface area contributed by atoms with Gasteiger partial charge in [0.15, 0.2) is 11.0 Å². The summed E-state index contributed by atoms with van der Waals surface area (Å²) in [4.78, 5) is 10.7. The van der Waals surface area contributed by atoms with E-state index in [1.54, 1.807) is 0 Å². The molecule has 0 aliphatic carbocycles. The highest BCUT2D eigenvalue weighted by atomic mass is 32.2. The van der Waals surface area contributed by atoms with Crippen LogP contribution in [0.5, 0.6) is 0 Å². The molecule has 0 fully saturated rings. The van der Waals surface area contributed by atoms with E-state index in [1.165, 1.54) is 11.8 Å². The summed E-state index contributed by atoms with van der Waals surface area (Å²) in [7, 11) is 0. The summed E-state index contributed by atoms with van der Waals surface area (Å²) in [6, 6.07) is 8.21. The minimum absolute atomic E-state index is 0.0152. The number of carbonyl (C=O) groups is 1. The number of benzene rings is 1. The SMILES string of the molecule is Cc1cccc(-c2nnc(SCC(=O)O)n2C(C)C)c1. The molecule has 20 heavy (non-hydrogen) atoms. The summed E-state index contributed by atoms with van der Waals surface area (Å²) < 4.78 is 1.97. The summed E-state index contributed by atoms with van der Waals surface area (Å²) >= 11 is 1.19. The van der Waals surface area contributed by atoms with Crippen LogP contribution in [0.25, 0.3) is 11.4 Å². The summed E-state index contributed by atoms with van der Waals surface area (Å²) in [6.45, 7) is 6.10. The first kappa shape index (κ1) is 14.6. The number of carboxylic acids is 1. The highest BCUT2D eigenvalue weighted by Gasteiger charge is 2.17. The Hall–Kier alpha value is -1.82. The van der Waals surface area contributed by atoms with Crippen molar-refractivity contribution in [2.75, 3.05) is 5.75 Å². The van der Waals surface area contributed by atoms with E-state index in [1.807, 2.05) is 43.5 Å². The molecule has 1 aromatic carbocycles. The molecule has 0 saturated heterocycles. The molecule has 0 radical (unpaired) electrons. The molecule has 0 spiro atoms. The molecule has 1 N–H and O–H groups in total. The molecule has 5 nitrogen and oxygen atoms in total. The molecule has 1 heterocycles. The largest absolute Gasteiger partial charge is 0.481 e. The smallest absolute Gasteiger partial charge is 0.313 e. The molecular formula is C14H17N3O2S. The van der Waals surface area contributed by atoms with Gasteiger partial charge in [-0.3, -0.25) is 9.36 Å². The number of rotatable bonds is 5. The summed E-state index contributed by atoms with van der Waals surface area (Å²) in [5, 5.41) is 17.8. The third-order valence-electron chi connectivity index (χ3n) is 2.78. The molecule has 106 valence electrons. The van der Waals surface area contributed by atoms with E-state index in [-0.39, 0.29) is 11.8 Å². The molecule has 0 aliphatic heterocycles. The second-order valence-electron chi connectivity index (χ2n) is 4.82.